The Morgan fingerprint density at radius 2 is 2.17 bits per heavy atom. The molecule has 5 nitrogen and oxygen atoms in total. The maximum Gasteiger partial charge on any atom is 0.295 e. The van der Waals surface area contributed by atoms with E-state index in [1.165, 1.54) is 22.5 Å². The quantitative estimate of drug-likeness (QED) is 0.731. The zero-order chi connectivity index (χ0) is 17.1. The topological polar surface area (TPSA) is 50.8 Å². The molecule has 0 unspecified atom stereocenters. The number of nitrogens with zero attached hydrogens (tertiary/aromatic N) is 2. The van der Waals surface area contributed by atoms with Crippen molar-refractivity contribution < 1.29 is 14.1 Å². The lowest BCUT2D eigenvalue weighted by Crippen LogP contribution is -3.05. The lowest BCUT2D eigenvalue weighted by atomic mass is 10.3. The molecule has 0 saturated carbocycles. The summed E-state index contributed by atoms with van der Waals surface area (Å²) in [6, 6.07) is 9.04. The van der Waals surface area contributed by atoms with E-state index in [4.69, 9.17) is 16.0 Å². The molecule has 1 aromatic carbocycles. The SMILES string of the molecule is C[NH+](C)CCCN(C(=O)c1ccco1)c1nc2c(Cl)cccc2s1. The second-order valence-electron chi connectivity index (χ2n) is 5.83. The average molecular weight is 365 g/mol. The molecule has 3 rings (SSSR count). The molecule has 0 fully saturated rings. The molecule has 126 valence electrons. The fraction of sp³-hybridized carbons (Fsp3) is 0.294. The number of amides is 1. The largest absolute Gasteiger partial charge is 0.459 e. The standard InChI is InChI=1S/C17H18ClN3O2S/c1-20(2)9-5-10-21(16(22)13-7-4-11-23-13)17-19-15-12(18)6-3-8-14(15)24-17/h3-4,6-8,11H,5,9-10H2,1-2H3/p+1. The van der Waals surface area contributed by atoms with Gasteiger partial charge in [-0.05, 0) is 24.3 Å². The Hall–Kier alpha value is -1.89. The van der Waals surface area contributed by atoms with Gasteiger partial charge in [0.25, 0.3) is 5.91 Å². The molecule has 1 amide bonds. The first-order chi connectivity index (χ1) is 11.6. The van der Waals surface area contributed by atoms with Crippen molar-refractivity contribution in [3.8, 4) is 0 Å². The number of thiazole rings is 1. The van der Waals surface area contributed by atoms with E-state index in [-0.39, 0.29) is 5.91 Å². The van der Waals surface area contributed by atoms with Gasteiger partial charge in [0.15, 0.2) is 10.9 Å². The highest BCUT2D eigenvalue weighted by Gasteiger charge is 2.23. The fourth-order valence-corrected chi connectivity index (χ4v) is 3.72. The van der Waals surface area contributed by atoms with E-state index >= 15 is 0 Å². The van der Waals surface area contributed by atoms with Crippen molar-refractivity contribution in [2.45, 2.75) is 6.42 Å². The highest BCUT2D eigenvalue weighted by atomic mass is 35.5. The van der Waals surface area contributed by atoms with Crippen molar-refractivity contribution in [1.29, 1.82) is 0 Å². The van der Waals surface area contributed by atoms with E-state index in [9.17, 15) is 4.79 Å². The zero-order valence-electron chi connectivity index (χ0n) is 13.6. The van der Waals surface area contributed by atoms with Crippen LogP contribution in [0.2, 0.25) is 5.02 Å². The summed E-state index contributed by atoms with van der Waals surface area (Å²) in [6.07, 6.45) is 2.38. The summed E-state index contributed by atoms with van der Waals surface area (Å²) < 4.78 is 6.24. The molecule has 1 N–H and O–H groups in total. The molecule has 0 aliphatic heterocycles. The molecule has 0 bridgehead atoms. The molecule has 0 saturated heterocycles. The third-order valence-corrected chi connectivity index (χ3v) is 4.97. The summed E-state index contributed by atoms with van der Waals surface area (Å²) in [5.74, 6) is 0.140. The van der Waals surface area contributed by atoms with Gasteiger partial charge in [-0.25, -0.2) is 4.98 Å². The summed E-state index contributed by atoms with van der Waals surface area (Å²) in [6.45, 7) is 1.55. The zero-order valence-corrected chi connectivity index (χ0v) is 15.2. The van der Waals surface area contributed by atoms with E-state index in [0.717, 1.165) is 23.2 Å². The lowest BCUT2D eigenvalue weighted by molar-refractivity contribution is -0.858. The molecule has 0 aliphatic rings. The highest BCUT2D eigenvalue weighted by molar-refractivity contribution is 7.22. The molecule has 7 heteroatoms. The van der Waals surface area contributed by atoms with Crippen molar-refractivity contribution in [2.24, 2.45) is 0 Å². The van der Waals surface area contributed by atoms with Gasteiger partial charge in [0.2, 0.25) is 0 Å². The van der Waals surface area contributed by atoms with Crippen molar-refractivity contribution in [3.63, 3.8) is 0 Å². The Balaban J connectivity index is 1.92. The number of anilines is 1. The number of para-hydroxylation sites is 1. The Bertz CT molecular complexity index is 830. The Kier molecular flexibility index (Phi) is 5.18. The molecular weight excluding hydrogens is 346 g/mol. The number of fused-ring (bicyclic) bond motifs is 1. The van der Waals surface area contributed by atoms with Gasteiger partial charge in [-0.2, -0.15) is 0 Å². The molecule has 0 aliphatic carbocycles. The van der Waals surface area contributed by atoms with E-state index in [1.807, 2.05) is 18.2 Å². The summed E-state index contributed by atoms with van der Waals surface area (Å²) in [7, 11) is 4.19. The van der Waals surface area contributed by atoms with Crippen LogP contribution in [0.25, 0.3) is 10.2 Å². The van der Waals surface area contributed by atoms with Crippen molar-refractivity contribution in [3.05, 3.63) is 47.4 Å². The second kappa shape index (κ2) is 7.34. The number of benzene rings is 1. The van der Waals surface area contributed by atoms with Crippen LogP contribution in [-0.2, 0) is 0 Å². The first-order valence-electron chi connectivity index (χ1n) is 7.75. The number of furan rings is 1. The van der Waals surface area contributed by atoms with E-state index < -0.39 is 0 Å². The number of quaternary nitrogens is 1. The fourth-order valence-electron chi connectivity index (χ4n) is 2.43. The van der Waals surface area contributed by atoms with Crippen LogP contribution >= 0.6 is 22.9 Å². The van der Waals surface area contributed by atoms with E-state index in [0.29, 0.717) is 22.5 Å². The van der Waals surface area contributed by atoms with Crippen LogP contribution in [-0.4, -0.2) is 38.1 Å². The number of rotatable bonds is 6. The number of carbonyl (C=O) groups excluding carboxylic acids is 1. The summed E-state index contributed by atoms with van der Waals surface area (Å²) in [5.41, 5.74) is 0.731. The minimum atomic E-state index is -0.177. The van der Waals surface area contributed by atoms with Crippen molar-refractivity contribution >= 4 is 44.2 Å². The summed E-state index contributed by atoms with van der Waals surface area (Å²) in [4.78, 5) is 20.4. The number of halogens is 1. The van der Waals surface area contributed by atoms with Crippen LogP contribution in [0.1, 0.15) is 17.0 Å². The lowest BCUT2D eigenvalue weighted by Gasteiger charge is -2.19. The monoisotopic (exact) mass is 364 g/mol. The molecular formula is C17H19ClN3O2S+. The maximum absolute atomic E-state index is 12.8. The van der Waals surface area contributed by atoms with E-state index in [1.54, 1.807) is 17.0 Å². The van der Waals surface area contributed by atoms with Crippen LogP contribution in [0.4, 0.5) is 5.13 Å². The summed E-state index contributed by atoms with van der Waals surface area (Å²) in [5, 5.41) is 1.24. The van der Waals surface area contributed by atoms with E-state index in [2.05, 4.69) is 19.1 Å². The molecule has 0 atom stereocenters. The minimum absolute atomic E-state index is 0.177. The van der Waals surface area contributed by atoms with Crippen LogP contribution < -0.4 is 9.80 Å². The van der Waals surface area contributed by atoms with Crippen LogP contribution in [0, 0.1) is 0 Å². The van der Waals surface area contributed by atoms with Gasteiger partial charge in [-0.3, -0.25) is 9.69 Å². The summed E-state index contributed by atoms with van der Waals surface area (Å²) >= 11 is 7.68. The van der Waals surface area contributed by atoms with Gasteiger partial charge in [-0.1, -0.05) is 29.0 Å². The molecule has 2 aromatic heterocycles. The number of carbonyl (C=O) groups is 1. The second-order valence-corrected chi connectivity index (χ2v) is 7.24. The Labute approximate surface area is 149 Å². The molecule has 3 aromatic rings. The van der Waals surface area contributed by atoms with Crippen LogP contribution in [0.3, 0.4) is 0 Å². The normalized spacial score (nSPS) is 11.3. The average Bonchev–Trinajstić information content (AvgIpc) is 3.20. The predicted octanol–water partition coefficient (Wildman–Crippen LogP) is 2.72. The van der Waals surface area contributed by atoms with Gasteiger partial charge in [-0.15, -0.1) is 0 Å². The van der Waals surface area contributed by atoms with Gasteiger partial charge in [0, 0.05) is 13.0 Å². The number of nitrogens with one attached hydrogen (secondary N) is 1. The van der Waals surface area contributed by atoms with Gasteiger partial charge >= 0.3 is 0 Å². The van der Waals surface area contributed by atoms with Gasteiger partial charge in [0.05, 0.1) is 36.6 Å². The maximum atomic E-state index is 12.8. The van der Waals surface area contributed by atoms with Crippen molar-refractivity contribution in [2.75, 3.05) is 32.1 Å². The van der Waals surface area contributed by atoms with Crippen molar-refractivity contribution in [1.82, 2.24) is 4.98 Å². The first kappa shape index (κ1) is 17.0. The Morgan fingerprint density at radius 1 is 1.33 bits per heavy atom. The number of hydrogen-bond donors (Lipinski definition) is 1. The van der Waals surface area contributed by atoms with Crippen LogP contribution in [0.15, 0.2) is 41.0 Å². The smallest absolute Gasteiger partial charge is 0.295 e. The third kappa shape index (κ3) is 3.61. The minimum Gasteiger partial charge on any atom is -0.459 e. The third-order valence-electron chi connectivity index (χ3n) is 3.62. The van der Waals surface area contributed by atoms with Crippen LogP contribution in [0.5, 0.6) is 0 Å². The first-order valence-corrected chi connectivity index (χ1v) is 8.95. The molecule has 2 heterocycles. The highest BCUT2D eigenvalue weighted by Crippen LogP contribution is 2.33. The Morgan fingerprint density at radius 3 is 2.83 bits per heavy atom. The number of hydrogen-bond acceptors (Lipinski definition) is 4. The number of aromatic nitrogens is 1. The predicted molar refractivity (Wildman–Crippen MR) is 97.3 cm³/mol. The molecule has 0 radical (unpaired) electrons. The van der Waals surface area contributed by atoms with Gasteiger partial charge in [0.1, 0.15) is 5.52 Å². The molecule has 24 heavy (non-hydrogen) atoms. The molecule has 0 spiro atoms. The van der Waals surface area contributed by atoms with Gasteiger partial charge < -0.3 is 9.32 Å².